The van der Waals surface area contributed by atoms with E-state index >= 15 is 0 Å². The minimum Gasteiger partial charge on any atom is -0.497 e. The van der Waals surface area contributed by atoms with Gasteiger partial charge in [-0.2, -0.15) is 0 Å². The molecule has 1 aromatic carbocycles. The largest absolute Gasteiger partial charge is 0.497 e. The molecule has 0 radical (unpaired) electrons. The summed E-state index contributed by atoms with van der Waals surface area (Å²) in [7, 11) is -2.53. The zero-order valence-corrected chi connectivity index (χ0v) is 33.9. The van der Waals surface area contributed by atoms with Gasteiger partial charge in [0.25, 0.3) is 0 Å². The highest BCUT2D eigenvalue weighted by Crippen LogP contribution is 2.43. The summed E-state index contributed by atoms with van der Waals surface area (Å²) in [6, 6.07) is 8.03. The molecule has 1 saturated heterocycles. The number of aldehydes is 1. The number of benzene rings is 1. The van der Waals surface area contributed by atoms with Gasteiger partial charge in [0.1, 0.15) is 12.0 Å². The van der Waals surface area contributed by atoms with Crippen LogP contribution >= 0.6 is 0 Å². The minimum absolute atomic E-state index is 0.0428. The Hall–Kier alpha value is -1.08. The molecule has 266 valence electrons. The second-order valence-electron chi connectivity index (χ2n) is 16.4. The smallest absolute Gasteiger partial charge is 0.200 e. The third kappa shape index (κ3) is 11.2. The highest BCUT2D eigenvalue weighted by molar-refractivity contribution is 6.77. The van der Waals surface area contributed by atoms with Gasteiger partial charge in [-0.3, -0.25) is 0 Å². The molecule has 0 spiro atoms. The van der Waals surface area contributed by atoms with Crippen LogP contribution in [0.5, 0.6) is 5.75 Å². The number of carbonyl (C=O) groups is 1. The van der Waals surface area contributed by atoms with Crippen LogP contribution < -0.4 is 4.74 Å². The SMILES string of the molecule is COc1ccc(CO[C@H](CO[Si](C(C)C)(C(C)C)C(C)C)C[C@@H]2C[C@H](C[C@@H](O[Si](C)(C)C(C)(C)C)[C@@H](C)C=O)OC(C)(C)O2)cc1. The van der Waals surface area contributed by atoms with Gasteiger partial charge >= 0.3 is 0 Å². The Morgan fingerprint density at radius 3 is 1.89 bits per heavy atom. The standard InChI is InChI=1S/C37H68O7Si2/c1-26(2)46(27(3)4,28(5)6)41-25-34(40-24-30-16-18-31(39-13)19-17-30)21-32-20-33(43-37(11,12)42-32)22-35(29(7)23-38)44-45(14,15)36(8,9)10/h16-19,23,26-29,32-35H,20-22,24-25H2,1-15H3/t29-,32-,33+,34-,35+/m0/s1. The number of methoxy groups -OCH3 is 1. The fourth-order valence-electron chi connectivity index (χ4n) is 6.93. The van der Waals surface area contributed by atoms with E-state index in [-0.39, 0.29) is 35.4 Å². The number of hydrogen-bond acceptors (Lipinski definition) is 7. The Bertz CT molecular complexity index is 1030. The van der Waals surface area contributed by atoms with Crippen LogP contribution in [0.4, 0.5) is 0 Å². The van der Waals surface area contributed by atoms with E-state index in [0.717, 1.165) is 17.6 Å². The van der Waals surface area contributed by atoms with E-state index in [9.17, 15) is 4.79 Å². The van der Waals surface area contributed by atoms with Crippen molar-refractivity contribution >= 4 is 22.9 Å². The van der Waals surface area contributed by atoms with Crippen molar-refractivity contribution in [1.82, 2.24) is 0 Å². The molecule has 1 aromatic rings. The van der Waals surface area contributed by atoms with Crippen LogP contribution in [-0.2, 0) is 34.5 Å². The molecule has 1 heterocycles. The topological polar surface area (TPSA) is 72.5 Å². The maximum absolute atomic E-state index is 12.0. The summed E-state index contributed by atoms with van der Waals surface area (Å²) < 4.78 is 38.9. The van der Waals surface area contributed by atoms with Crippen molar-refractivity contribution in [2.24, 2.45) is 5.92 Å². The Balaban J connectivity index is 2.31. The molecule has 0 aromatic heterocycles. The Labute approximate surface area is 284 Å². The number of carbonyl (C=O) groups excluding carboxylic acids is 1. The molecule has 1 fully saturated rings. The van der Waals surface area contributed by atoms with Crippen LogP contribution in [-0.4, -0.2) is 66.8 Å². The van der Waals surface area contributed by atoms with E-state index in [0.29, 0.717) is 49.1 Å². The van der Waals surface area contributed by atoms with Gasteiger partial charge in [0.15, 0.2) is 22.4 Å². The Morgan fingerprint density at radius 1 is 0.913 bits per heavy atom. The molecule has 7 nitrogen and oxygen atoms in total. The average Bonchev–Trinajstić information content (AvgIpc) is 2.93. The highest BCUT2D eigenvalue weighted by Gasteiger charge is 2.46. The molecule has 1 aliphatic rings. The molecule has 5 atom stereocenters. The van der Waals surface area contributed by atoms with Crippen molar-refractivity contribution in [2.75, 3.05) is 13.7 Å². The summed E-state index contributed by atoms with van der Waals surface area (Å²) in [6.45, 7) is 32.0. The normalized spacial score (nSPS) is 21.4. The first-order valence-corrected chi connectivity index (χ1v) is 22.6. The molecule has 0 amide bonds. The first-order chi connectivity index (χ1) is 21.2. The second-order valence-corrected chi connectivity index (χ2v) is 26.6. The molecule has 9 heteroatoms. The van der Waals surface area contributed by atoms with Crippen LogP contribution in [0, 0.1) is 5.92 Å². The third-order valence-electron chi connectivity index (χ3n) is 10.4. The van der Waals surface area contributed by atoms with Gasteiger partial charge in [0, 0.05) is 18.8 Å². The fourth-order valence-corrected chi connectivity index (χ4v) is 13.8. The van der Waals surface area contributed by atoms with Crippen LogP contribution in [0.2, 0.25) is 34.8 Å². The molecular weight excluding hydrogens is 613 g/mol. The quantitative estimate of drug-likeness (QED) is 0.113. The monoisotopic (exact) mass is 680 g/mol. The lowest BCUT2D eigenvalue weighted by Crippen LogP contribution is -2.51. The fraction of sp³-hybridized carbons (Fsp3) is 0.811. The van der Waals surface area contributed by atoms with Crippen LogP contribution in [0.15, 0.2) is 24.3 Å². The van der Waals surface area contributed by atoms with E-state index in [1.54, 1.807) is 7.11 Å². The number of ether oxygens (including phenoxy) is 4. The molecule has 2 rings (SSSR count). The third-order valence-corrected chi connectivity index (χ3v) is 21.0. The molecule has 0 aliphatic carbocycles. The molecule has 0 saturated carbocycles. The lowest BCUT2D eigenvalue weighted by molar-refractivity contribution is -0.306. The highest BCUT2D eigenvalue weighted by atomic mass is 28.4. The maximum atomic E-state index is 12.0. The minimum atomic E-state index is -2.10. The molecule has 0 bridgehead atoms. The van der Waals surface area contributed by atoms with E-state index in [1.165, 1.54) is 0 Å². The lowest BCUT2D eigenvalue weighted by atomic mass is 9.94. The van der Waals surface area contributed by atoms with Crippen molar-refractivity contribution in [3.63, 3.8) is 0 Å². The van der Waals surface area contributed by atoms with Crippen LogP contribution in [0.1, 0.15) is 108 Å². The molecular formula is C37H68O7Si2. The predicted octanol–water partition coefficient (Wildman–Crippen LogP) is 9.69. The zero-order chi connectivity index (χ0) is 35.1. The molecule has 0 N–H and O–H groups in total. The summed E-state index contributed by atoms with van der Waals surface area (Å²) >= 11 is 0. The first kappa shape index (κ1) is 41.1. The summed E-state index contributed by atoms with van der Waals surface area (Å²) in [4.78, 5) is 12.0. The van der Waals surface area contributed by atoms with Crippen LogP contribution in [0.25, 0.3) is 0 Å². The zero-order valence-electron chi connectivity index (χ0n) is 31.9. The summed E-state index contributed by atoms with van der Waals surface area (Å²) in [5.41, 5.74) is 2.53. The number of hydrogen-bond donors (Lipinski definition) is 0. The van der Waals surface area contributed by atoms with Gasteiger partial charge in [0.05, 0.1) is 44.7 Å². The summed E-state index contributed by atoms with van der Waals surface area (Å²) in [5, 5.41) is 0.0428. The van der Waals surface area contributed by atoms with Crippen molar-refractivity contribution in [3.8, 4) is 5.75 Å². The van der Waals surface area contributed by atoms with Crippen molar-refractivity contribution in [1.29, 1.82) is 0 Å². The second kappa shape index (κ2) is 17.0. The average molecular weight is 681 g/mol. The lowest BCUT2D eigenvalue weighted by Gasteiger charge is -2.45. The van der Waals surface area contributed by atoms with E-state index in [1.807, 2.05) is 45.0 Å². The van der Waals surface area contributed by atoms with Gasteiger partial charge in [0.2, 0.25) is 0 Å². The molecule has 0 unspecified atom stereocenters. The van der Waals surface area contributed by atoms with Crippen molar-refractivity contribution in [2.45, 2.75) is 174 Å². The van der Waals surface area contributed by atoms with Crippen LogP contribution in [0.3, 0.4) is 0 Å². The molecule has 46 heavy (non-hydrogen) atoms. The molecule has 1 aliphatic heterocycles. The van der Waals surface area contributed by atoms with Gasteiger partial charge in [-0.25, -0.2) is 0 Å². The van der Waals surface area contributed by atoms with Gasteiger partial charge in [-0.15, -0.1) is 0 Å². The van der Waals surface area contributed by atoms with Gasteiger partial charge in [-0.1, -0.05) is 81.4 Å². The maximum Gasteiger partial charge on any atom is 0.200 e. The van der Waals surface area contributed by atoms with Crippen molar-refractivity contribution in [3.05, 3.63) is 29.8 Å². The van der Waals surface area contributed by atoms with E-state index in [2.05, 4.69) is 75.4 Å². The van der Waals surface area contributed by atoms with Crippen molar-refractivity contribution < 1.29 is 32.6 Å². The summed E-state index contributed by atoms with van der Waals surface area (Å²) in [6.07, 6.45) is 2.50. The predicted molar refractivity (Wildman–Crippen MR) is 194 cm³/mol. The number of rotatable bonds is 18. The van der Waals surface area contributed by atoms with E-state index < -0.39 is 22.4 Å². The van der Waals surface area contributed by atoms with Gasteiger partial charge in [-0.05, 0) is 72.7 Å². The van der Waals surface area contributed by atoms with E-state index in [4.69, 9.17) is 27.8 Å². The Kier molecular flexibility index (Phi) is 15.2. The summed E-state index contributed by atoms with van der Waals surface area (Å²) in [5.74, 6) is -0.168. The van der Waals surface area contributed by atoms with Gasteiger partial charge < -0.3 is 32.6 Å². The first-order valence-electron chi connectivity index (χ1n) is 17.5. The Morgan fingerprint density at radius 2 is 1.43 bits per heavy atom.